The topological polar surface area (TPSA) is 230 Å². The average molecular weight is 401 g/mol. The summed E-state index contributed by atoms with van der Waals surface area (Å²) in [6.07, 6.45) is -5.12. The minimum absolute atomic E-state index is 0.0929. The molecule has 14 nitrogen and oxygen atoms in total. The fraction of sp³-hybridized carbons (Fsp3) is 0.556. The number of anilines is 1. The van der Waals surface area contributed by atoms with Crippen molar-refractivity contribution in [2.75, 3.05) is 12.3 Å². The number of nitrogen functional groups attached to an aromatic ring is 1. The minimum Gasteiger partial charge on any atom is -0.756 e. The van der Waals surface area contributed by atoms with E-state index in [1.165, 1.54) is 6.07 Å². The third kappa shape index (κ3) is 5.15. The Labute approximate surface area is 139 Å². The largest absolute Gasteiger partial charge is 0.756 e. The molecule has 0 radical (unpaired) electrons. The zero-order chi connectivity index (χ0) is 19.0. The van der Waals surface area contributed by atoms with Crippen LogP contribution in [0.15, 0.2) is 17.1 Å². The number of aliphatic hydroxyl groups excluding tert-OH is 2. The second kappa shape index (κ2) is 7.21. The summed E-state index contributed by atoms with van der Waals surface area (Å²) in [6, 6.07) is 1.22. The summed E-state index contributed by atoms with van der Waals surface area (Å²) >= 11 is 0. The number of aliphatic hydroxyl groups is 2. The molecule has 6 atom stereocenters. The van der Waals surface area contributed by atoms with E-state index in [2.05, 4.69) is 13.8 Å². The Morgan fingerprint density at radius 1 is 1.36 bits per heavy atom. The molecule has 16 heteroatoms. The SMILES string of the molecule is Nc1ccn([C@@H]2O[C@H](COP(=O)([O-])OP(=O)([O-])O)C(O)[C@@H]2O)c(=O)n1. The minimum atomic E-state index is -5.62. The van der Waals surface area contributed by atoms with Crippen LogP contribution >= 0.6 is 15.6 Å². The van der Waals surface area contributed by atoms with Crippen LogP contribution in [0.1, 0.15) is 6.23 Å². The van der Waals surface area contributed by atoms with Crippen molar-refractivity contribution in [1.82, 2.24) is 9.55 Å². The van der Waals surface area contributed by atoms with Crippen LogP contribution in [0.4, 0.5) is 5.82 Å². The van der Waals surface area contributed by atoms with Gasteiger partial charge in [0.15, 0.2) is 6.23 Å². The number of aromatic nitrogens is 2. The Kier molecular flexibility index (Phi) is 5.81. The molecule has 0 aliphatic carbocycles. The molecule has 1 aliphatic heterocycles. The van der Waals surface area contributed by atoms with Crippen LogP contribution in [0.5, 0.6) is 0 Å². The van der Waals surface area contributed by atoms with Gasteiger partial charge in [0.1, 0.15) is 24.1 Å². The van der Waals surface area contributed by atoms with Gasteiger partial charge in [-0.25, -0.2) is 9.11 Å². The maximum Gasteiger partial charge on any atom is 0.351 e. The molecule has 1 saturated heterocycles. The van der Waals surface area contributed by atoms with Crippen LogP contribution in [0, 0.1) is 0 Å². The number of hydrogen-bond donors (Lipinski definition) is 4. The third-order valence-electron chi connectivity index (χ3n) is 3.06. The first kappa shape index (κ1) is 20.1. The maximum absolute atomic E-state index is 11.7. The number of phosphoric acid groups is 2. The van der Waals surface area contributed by atoms with E-state index < -0.39 is 52.5 Å². The summed E-state index contributed by atoms with van der Waals surface area (Å²) < 4.78 is 35.1. The van der Waals surface area contributed by atoms with Crippen molar-refractivity contribution in [2.24, 2.45) is 0 Å². The van der Waals surface area contributed by atoms with Crippen molar-refractivity contribution in [3.63, 3.8) is 0 Å². The molecule has 1 aromatic heterocycles. The molecule has 2 heterocycles. The van der Waals surface area contributed by atoms with Crippen molar-refractivity contribution in [1.29, 1.82) is 0 Å². The van der Waals surface area contributed by atoms with Gasteiger partial charge in [0.05, 0.1) is 6.61 Å². The van der Waals surface area contributed by atoms with Crippen LogP contribution in [-0.4, -0.2) is 49.6 Å². The van der Waals surface area contributed by atoms with Crippen LogP contribution in [0.3, 0.4) is 0 Å². The van der Waals surface area contributed by atoms with Gasteiger partial charge in [-0.3, -0.25) is 13.7 Å². The predicted octanol–water partition coefficient (Wildman–Crippen LogP) is -3.59. The normalized spacial score (nSPS) is 31.4. The highest BCUT2D eigenvalue weighted by Crippen LogP contribution is 2.52. The fourth-order valence-corrected chi connectivity index (χ4v) is 3.56. The lowest BCUT2D eigenvalue weighted by Gasteiger charge is -2.28. The summed E-state index contributed by atoms with van der Waals surface area (Å²) in [5.74, 6) is -0.0929. The number of ether oxygens (including phenoxy) is 1. The number of nitrogens with zero attached hydrogens (tertiary/aromatic N) is 2. The highest BCUT2D eigenvalue weighted by molar-refractivity contribution is 7.59. The first-order chi connectivity index (χ1) is 11.4. The molecule has 0 bridgehead atoms. The van der Waals surface area contributed by atoms with E-state index in [0.29, 0.717) is 0 Å². The van der Waals surface area contributed by atoms with Crippen molar-refractivity contribution in [3.8, 4) is 0 Å². The summed E-state index contributed by atoms with van der Waals surface area (Å²) in [4.78, 5) is 45.1. The lowest BCUT2D eigenvalue weighted by Crippen LogP contribution is -2.36. The van der Waals surface area contributed by atoms with E-state index in [1.54, 1.807) is 0 Å². The molecule has 25 heavy (non-hydrogen) atoms. The molecule has 0 saturated carbocycles. The molecule has 2 rings (SSSR count). The smallest absolute Gasteiger partial charge is 0.351 e. The quantitative estimate of drug-likeness (QED) is 0.338. The summed E-state index contributed by atoms with van der Waals surface area (Å²) in [6.45, 7) is -0.966. The molecule has 1 aromatic rings. The zero-order valence-corrected chi connectivity index (χ0v) is 13.9. The van der Waals surface area contributed by atoms with Crippen molar-refractivity contribution < 1.29 is 47.6 Å². The molecular formula is C9H13N3O11P2-2. The number of rotatable bonds is 6. The predicted molar refractivity (Wildman–Crippen MR) is 73.3 cm³/mol. The van der Waals surface area contributed by atoms with Gasteiger partial charge in [-0.15, -0.1) is 0 Å². The monoisotopic (exact) mass is 401 g/mol. The number of hydrogen-bond acceptors (Lipinski definition) is 12. The van der Waals surface area contributed by atoms with E-state index in [-0.39, 0.29) is 5.82 Å². The third-order valence-corrected chi connectivity index (χ3v) is 5.15. The average Bonchev–Trinajstić information content (AvgIpc) is 2.71. The molecule has 0 spiro atoms. The van der Waals surface area contributed by atoms with Crippen LogP contribution in [-0.2, 0) is 22.7 Å². The molecule has 5 N–H and O–H groups in total. The summed E-state index contributed by atoms with van der Waals surface area (Å²) in [7, 11) is -11.1. The molecule has 1 aliphatic rings. The van der Waals surface area contributed by atoms with Gasteiger partial charge in [0, 0.05) is 6.20 Å². The lowest BCUT2D eigenvalue weighted by atomic mass is 10.1. The molecule has 1 fully saturated rings. The van der Waals surface area contributed by atoms with Crippen molar-refractivity contribution in [3.05, 3.63) is 22.7 Å². The standard InChI is InChI=1S/C9H15N3O11P2/c10-5-1-2-12(9(15)11-5)8-7(14)6(13)4(22-8)3-21-25(19,20)23-24(16,17)18/h1-2,4,6-8,13-14H,3H2,(H,19,20)(H2,10,11,15)(H2,16,17,18)/p-2/t4-,6?,7+,8-/m1/s1. The molecule has 142 valence electrons. The van der Waals surface area contributed by atoms with Gasteiger partial charge in [-0.05, 0) is 6.07 Å². The van der Waals surface area contributed by atoms with Gasteiger partial charge >= 0.3 is 5.69 Å². The van der Waals surface area contributed by atoms with E-state index in [1.807, 2.05) is 0 Å². The molecular weight excluding hydrogens is 388 g/mol. The first-order valence-corrected chi connectivity index (χ1v) is 9.42. The van der Waals surface area contributed by atoms with E-state index >= 15 is 0 Å². The molecule has 0 aromatic carbocycles. The van der Waals surface area contributed by atoms with Gasteiger partial charge in [-0.1, -0.05) is 0 Å². The number of phosphoric ester groups is 1. The fourth-order valence-electron chi connectivity index (χ4n) is 2.03. The van der Waals surface area contributed by atoms with Crippen LogP contribution in [0.25, 0.3) is 0 Å². The first-order valence-electron chi connectivity index (χ1n) is 6.46. The maximum atomic E-state index is 11.7. The Hall–Kier alpha value is -1.18. The highest BCUT2D eigenvalue weighted by Gasteiger charge is 2.44. The Morgan fingerprint density at radius 3 is 2.56 bits per heavy atom. The Morgan fingerprint density at radius 2 is 2.00 bits per heavy atom. The van der Waals surface area contributed by atoms with Gasteiger partial charge in [0.25, 0.3) is 15.6 Å². The Bertz CT molecular complexity index is 778. The molecule has 3 unspecified atom stereocenters. The van der Waals surface area contributed by atoms with Crippen molar-refractivity contribution >= 4 is 21.5 Å². The van der Waals surface area contributed by atoms with E-state index in [4.69, 9.17) is 15.4 Å². The van der Waals surface area contributed by atoms with Gasteiger partial charge in [-0.2, -0.15) is 4.98 Å². The van der Waals surface area contributed by atoms with Crippen LogP contribution in [0.2, 0.25) is 0 Å². The van der Waals surface area contributed by atoms with Crippen LogP contribution < -0.4 is 21.2 Å². The van der Waals surface area contributed by atoms with Gasteiger partial charge < -0.3 is 39.9 Å². The lowest BCUT2D eigenvalue weighted by molar-refractivity contribution is -0.242. The van der Waals surface area contributed by atoms with Gasteiger partial charge in [0.2, 0.25) is 0 Å². The second-order valence-corrected chi connectivity index (χ2v) is 7.62. The number of nitrogens with two attached hydrogens (primary N) is 1. The second-order valence-electron chi connectivity index (χ2n) is 4.88. The van der Waals surface area contributed by atoms with E-state index in [0.717, 1.165) is 10.8 Å². The Balaban J connectivity index is 2.08. The zero-order valence-electron chi connectivity index (χ0n) is 12.1. The highest BCUT2D eigenvalue weighted by atomic mass is 31.3. The molecule has 0 amide bonds. The summed E-state index contributed by atoms with van der Waals surface area (Å²) in [5.41, 5.74) is 4.42. The van der Waals surface area contributed by atoms with Crippen molar-refractivity contribution in [2.45, 2.75) is 24.5 Å². The van der Waals surface area contributed by atoms with E-state index in [9.17, 15) is 33.9 Å². The summed E-state index contributed by atoms with van der Waals surface area (Å²) in [5, 5.41) is 19.8.